The molecule has 0 saturated heterocycles. The fourth-order valence-corrected chi connectivity index (χ4v) is 3.16. The molecule has 0 aliphatic rings. The van der Waals surface area contributed by atoms with Gasteiger partial charge in [-0.05, 0) is 27.7 Å². The van der Waals surface area contributed by atoms with Gasteiger partial charge in [0.2, 0.25) is 0 Å². The van der Waals surface area contributed by atoms with E-state index in [0.29, 0.717) is 12.1 Å². The highest BCUT2D eigenvalue weighted by atomic mass is 31.1. The van der Waals surface area contributed by atoms with Crippen LogP contribution in [-0.2, 0) is 0 Å². The molecule has 84 valence electrons. The first-order valence-corrected chi connectivity index (χ1v) is 6.81. The first-order valence-electron chi connectivity index (χ1n) is 5.47. The van der Waals surface area contributed by atoms with Crippen molar-refractivity contribution in [2.24, 2.45) is 0 Å². The van der Waals surface area contributed by atoms with E-state index in [1.165, 1.54) is 5.30 Å². The molecule has 1 aromatic rings. The Morgan fingerprint density at radius 3 is 1.73 bits per heavy atom. The third kappa shape index (κ3) is 4.74. The van der Waals surface area contributed by atoms with Crippen LogP contribution in [0.5, 0.6) is 0 Å². The first kappa shape index (κ1) is 12.6. The molecule has 3 heteroatoms. The van der Waals surface area contributed by atoms with Gasteiger partial charge >= 0.3 is 0 Å². The Hall–Kier alpha value is -0.430. The maximum atomic E-state index is 3.58. The average Bonchev–Trinajstić information content (AvgIpc) is 2.17. The molecule has 0 heterocycles. The van der Waals surface area contributed by atoms with E-state index in [-0.39, 0.29) is 0 Å². The van der Waals surface area contributed by atoms with Crippen LogP contribution in [-0.4, -0.2) is 12.1 Å². The Kier molecular flexibility index (Phi) is 5.24. The zero-order valence-corrected chi connectivity index (χ0v) is 10.9. The van der Waals surface area contributed by atoms with Gasteiger partial charge in [0.15, 0.2) is 0 Å². The summed E-state index contributed by atoms with van der Waals surface area (Å²) in [5.41, 5.74) is 0. The van der Waals surface area contributed by atoms with Gasteiger partial charge in [-0.3, -0.25) is 10.2 Å². The minimum absolute atomic E-state index is 0.435. The van der Waals surface area contributed by atoms with Crippen molar-refractivity contribution in [1.29, 1.82) is 0 Å². The molecule has 0 aromatic heterocycles. The second-order valence-corrected chi connectivity index (χ2v) is 5.94. The van der Waals surface area contributed by atoms with Gasteiger partial charge in [-0.2, -0.15) is 0 Å². The number of hydrogen-bond donors (Lipinski definition) is 2. The van der Waals surface area contributed by atoms with E-state index in [0.717, 1.165) is 0 Å². The van der Waals surface area contributed by atoms with E-state index in [9.17, 15) is 0 Å². The molecule has 15 heavy (non-hydrogen) atoms. The maximum absolute atomic E-state index is 3.58. The zero-order valence-electron chi connectivity index (χ0n) is 9.99. The standard InChI is InChI=1S/C12H21N2P/c1-10(2)13-15(14-11(3)4)12-8-6-5-7-9-12/h5-11,13-14H,1-4H3. The molecule has 1 rings (SSSR count). The van der Waals surface area contributed by atoms with Crippen LogP contribution in [0.1, 0.15) is 27.7 Å². The van der Waals surface area contributed by atoms with Crippen molar-refractivity contribution >= 4 is 13.5 Å². The van der Waals surface area contributed by atoms with Crippen LogP contribution in [0.3, 0.4) is 0 Å². The van der Waals surface area contributed by atoms with Crippen LogP contribution < -0.4 is 15.5 Å². The summed E-state index contributed by atoms with van der Waals surface area (Å²) in [7, 11) is -0.435. The highest BCUT2D eigenvalue weighted by molar-refractivity contribution is 7.61. The van der Waals surface area contributed by atoms with Crippen LogP contribution in [0.4, 0.5) is 0 Å². The number of benzene rings is 1. The Labute approximate surface area is 94.3 Å². The summed E-state index contributed by atoms with van der Waals surface area (Å²) < 4.78 is 0. The first-order chi connectivity index (χ1) is 7.09. The molecule has 0 aliphatic heterocycles. The lowest BCUT2D eigenvalue weighted by molar-refractivity contribution is 0.717. The predicted octanol–water partition coefficient (Wildman–Crippen LogP) is 2.62. The normalized spacial score (nSPS) is 11.7. The van der Waals surface area contributed by atoms with Gasteiger partial charge < -0.3 is 0 Å². The van der Waals surface area contributed by atoms with E-state index < -0.39 is 8.22 Å². The van der Waals surface area contributed by atoms with Crippen molar-refractivity contribution < 1.29 is 0 Å². The molecule has 2 nitrogen and oxygen atoms in total. The molecule has 0 fully saturated rings. The van der Waals surface area contributed by atoms with Crippen LogP contribution in [0.2, 0.25) is 0 Å². The highest BCUT2D eigenvalue weighted by Gasteiger charge is 2.12. The van der Waals surface area contributed by atoms with Crippen molar-refractivity contribution in [2.75, 3.05) is 0 Å². The van der Waals surface area contributed by atoms with Crippen molar-refractivity contribution in [3.05, 3.63) is 30.3 Å². The molecule has 0 unspecified atom stereocenters. The van der Waals surface area contributed by atoms with Gasteiger partial charge in [0.25, 0.3) is 0 Å². The predicted molar refractivity (Wildman–Crippen MR) is 69.5 cm³/mol. The Morgan fingerprint density at radius 2 is 1.33 bits per heavy atom. The van der Waals surface area contributed by atoms with Crippen molar-refractivity contribution in [3.8, 4) is 0 Å². The smallest absolute Gasteiger partial charge is 0.0673 e. The summed E-state index contributed by atoms with van der Waals surface area (Å²) in [6, 6.07) is 11.6. The maximum Gasteiger partial charge on any atom is 0.0673 e. The Balaban J connectivity index is 2.72. The topological polar surface area (TPSA) is 24.1 Å². The molecule has 1 aromatic carbocycles. The number of hydrogen-bond acceptors (Lipinski definition) is 2. The van der Waals surface area contributed by atoms with Gasteiger partial charge in [0, 0.05) is 17.4 Å². The van der Waals surface area contributed by atoms with E-state index in [1.807, 2.05) is 0 Å². The molecule has 0 bridgehead atoms. The average molecular weight is 224 g/mol. The molecule has 0 spiro atoms. The van der Waals surface area contributed by atoms with Gasteiger partial charge in [0.1, 0.15) is 0 Å². The molecular formula is C12H21N2P. The number of rotatable bonds is 5. The summed E-state index contributed by atoms with van der Waals surface area (Å²) in [4.78, 5) is 0. The lowest BCUT2D eigenvalue weighted by atomic mass is 10.4. The number of nitrogens with one attached hydrogen (secondary N) is 2. The summed E-state index contributed by atoms with van der Waals surface area (Å²) in [6.45, 7) is 8.72. The van der Waals surface area contributed by atoms with Gasteiger partial charge in [-0.15, -0.1) is 0 Å². The minimum Gasteiger partial charge on any atom is -0.278 e. The van der Waals surface area contributed by atoms with Gasteiger partial charge in [-0.25, -0.2) is 0 Å². The van der Waals surface area contributed by atoms with Crippen LogP contribution in [0, 0.1) is 0 Å². The Morgan fingerprint density at radius 1 is 0.867 bits per heavy atom. The summed E-state index contributed by atoms with van der Waals surface area (Å²) in [6.07, 6.45) is 0. The molecule has 0 aliphatic carbocycles. The van der Waals surface area contributed by atoms with Gasteiger partial charge in [-0.1, -0.05) is 30.3 Å². The van der Waals surface area contributed by atoms with Crippen molar-refractivity contribution in [1.82, 2.24) is 10.2 Å². The van der Waals surface area contributed by atoms with Crippen molar-refractivity contribution in [2.45, 2.75) is 39.8 Å². The largest absolute Gasteiger partial charge is 0.278 e. The quantitative estimate of drug-likeness (QED) is 0.751. The highest BCUT2D eigenvalue weighted by Crippen LogP contribution is 2.25. The lowest BCUT2D eigenvalue weighted by Gasteiger charge is -2.24. The van der Waals surface area contributed by atoms with Crippen molar-refractivity contribution in [3.63, 3.8) is 0 Å². The second kappa shape index (κ2) is 6.22. The molecule has 0 atom stereocenters. The summed E-state index contributed by atoms with van der Waals surface area (Å²) in [5.74, 6) is 0. The second-order valence-electron chi connectivity index (χ2n) is 4.24. The van der Waals surface area contributed by atoms with E-state index in [1.54, 1.807) is 0 Å². The summed E-state index contributed by atoms with van der Waals surface area (Å²) in [5, 5.41) is 8.52. The van der Waals surface area contributed by atoms with Crippen LogP contribution >= 0.6 is 8.22 Å². The molecule has 0 amide bonds. The third-order valence-corrected chi connectivity index (χ3v) is 4.15. The van der Waals surface area contributed by atoms with Crippen LogP contribution in [0.15, 0.2) is 30.3 Å². The SMILES string of the molecule is CC(C)NP(NC(C)C)c1ccccc1. The van der Waals surface area contributed by atoms with E-state index in [4.69, 9.17) is 0 Å². The third-order valence-electron chi connectivity index (χ3n) is 1.79. The summed E-state index contributed by atoms with van der Waals surface area (Å²) >= 11 is 0. The molecule has 0 saturated carbocycles. The van der Waals surface area contributed by atoms with E-state index in [2.05, 4.69) is 68.2 Å². The molecule has 2 N–H and O–H groups in total. The molecule has 0 radical (unpaired) electrons. The fourth-order valence-electron chi connectivity index (χ4n) is 1.28. The zero-order chi connectivity index (χ0) is 11.3. The van der Waals surface area contributed by atoms with Gasteiger partial charge in [0.05, 0.1) is 8.22 Å². The minimum atomic E-state index is -0.435. The Bertz CT molecular complexity index is 262. The van der Waals surface area contributed by atoms with E-state index >= 15 is 0 Å². The lowest BCUT2D eigenvalue weighted by Crippen LogP contribution is -2.33. The fraction of sp³-hybridized carbons (Fsp3) is 0.500. The van der Waals surface area contributed by atoms with Crippen LogP contribution in [0.25, 0.3) is 0 Å². The molecular weight excluding hydrogens is 203 g/mol. The monoisotopic (exact) mass is 224 g/mol.